The molecule has 0 aromatic rings. The third kappa shape index (κ3) is 6.17. The van der Waals surface area contributed by atoms with Gasteiger partial charge in [-0.15, -0.1) is 6.58 Å². The number of hydrogen-bond acceptors (Lipinski definition) is 2. The van der Waals surface area contributed by atoms with Crippen molar-refractivity contribution >= 4 is 11.8 Å². The van der Waals surface area contributed by atoms with Gasteiger partial charge in [0.25, 0.3) is 0 Å². The summed E-state index contributed by atoms with van der Waals surface area (Å²) in [6, 6.07) is 0.364. The topological polar surface area (TPSA) is 26.0 Å². The van der Waals surface area contributed by atoms with Gasteiger partial charge in [-0.25, -0.2) is 0 Å². The zero-order valence-corrected chi connectivity index (χ0v) is 7.49. The van der Waals surface area contributed by atoms with Gasteiger partial charge in [-0.3, -0.25) is 0 Å². The van der Waals surface area contributed by atoms with Gasteiger partial charge in [0.15, 0.2) is 0 Å². The van der Waals surface area contributed by atoms with Crippen molar-refractivity contribution < 1.29 is 0 Å². The highest BCUT2D eigenvalue weighted by Crippen LogP contribution is 2.04. The smallest absolute Gasteiger partial charge is 0.0133 e. The van der Waals surface area contributed by atoms with Gasteiger partial charge in [-0.1, -0.05) is 13.0 Å². The fourth-order valence-corrected chi connectivity index (χ4v) is 1.39. The Morgan fingerprint density at radius 1 is 1.70 bits per heavy atom. The van der Waals surface area contributed by atoms with Crippen LogP contribution in [-0.2, 0) is 0 Å². The van der Waals surface area contributed by atoms with Crippen molar-refractivity contribution in [1.82, 2.24) is 0 Å². The number of allylic oxidation sites excluding steroid dienone is 1. The van der Waals surface area contributed by atoms with Crippen LogP contribution in [0.2, 0.25) is 0 Å². The Bertz CT molecular complexity index is 83.3. The summed E-state index contributed by atoms with van der Waals surface area (Å²) < 4.78 is 0. The first kappa shape index (κ1) is 10.0. The molecule has 1 atom stereocenters. The van der Waals surface area contributed by atoms with Crippen molar-refractivity contribution in [3.05, 3.63) is 12.7 Å². The van der Waals surface area contributed by atoms with Gasteiger partial charge in [-0.05, 0) is 18.6 Å². The molecular weight excluding hydrogens is 142 g/mol. The Labute approximate surface area is 68.1 Å². The monoisotopic (exact) mass is 159 g/mol. The average molecular weight is 159 g/mol. The van der Waals surface area contributed by atoms with Crippen LogP contribution in [0.15, 0.2) is 12.7 Å². The molecule has 0 saturated carbocycles. The average Bonchev–Trinajstić information content (AvgIpc) is 1.97. The van der Waals surface area contributed by atoms with Crippen LogP contribution in [-0.4, -0.2) is 17.5 Å². The number of thioether (sulfide) groups is 1. The molecule has 0 bridgehead atoms. The molecule has 0 spiro atoms. The van der Waals surface area contributed by atoms with Crippen molar-refractivity contribution in [3.8, 4) is 0 Å². The minimum Gasteiger partial charge on any atom is -0.327 e. The molecule has 2 N–H and O–H groups in total. The molecule has 0 rings (SSSR count). The Balaban J connectivity index is 3.07. The molecular formula is C8H17NS. The van der Waals surface area contributed by atoms with Crippen LogP contribution in [0.25, 0.3) is 0 Å². The molecule has 0 saturated heterocycles. The first-order valence-electron chi connectivity index (χ1n) is 3.75. The summed E-state index contributed by atoms with van der Waals surface area (Å²) in [4.78, 5) is 0. The van der Waals surface area contributed by atoms with Crippen LogP contribution < -0.4 is 5.73 Å². The molecule has 0 aromatic carbocycles. The Morgan fingerprint density at radius 3 is 2.90 bits per heavy atom. The molecule has 0 radical (unpaired) electrons. The van der Waals surface area contributed by atoms with Crippen molar-refractivity contribution in [1.29, 1.82) is 0 Å². The molecule has 1 nitrogen and oxygen atoms in total. The molecule has 0 fully saturated rings. The van der Waals surface area contributed by atoms with E-state index in [4.69, 9.17) is 5.73 Å². The third-order valence-electron chi connectivity index (χ3n) is 1.28. The second-order valence-corrected chi connectivity index (χ2v) is 3.60. The normalized spacial score (nSPS) is 13.0. The van der Waals surface area contributed by atoms with E-state index in [0.29, 0.717) is 6.04 Å². The maximum atomic E-state index is 5.78. The summed E-state index contributed by atoms with van der Waals surface area (Å²) >= 11 is 1.91. The lowest BCUT2D eigenvalue weighted by atomic mass is 10.2. The van der Waals surface area contributed by atoms with E-state index >= 15 is 0 Å². The molecule has 10 heavy (non-hydrogen) atoms. The maximum Gasteiger partial charge on any atom is 0.0133 e. The van der Waals surface area contributed by atoms with Gasteiger partial charge in [0.2, 0.25) is 0 Å². The summed E-state index contributed by atoms with van der Waals surface area (Å²) in [7, 11) is 0. The fourth-order valence-electron chi connectivity index (χ4n) is 0.684. The van der Waals surface area contributed by atoms with Gasteiger partial charge in [0, 0.05) is 11.8 Å². The summed E-state index contributed by atoms with van der Waals surface area (Å²) in [6.07, 6.45) is 4.05. The van der Waals surface area contributed by atoms with Crippen molar-refractivity contribution in [3.63, 3.8) is 0 Å². The summed E-state index contributed by atoms with van der Waals surface area (Å²) in [6.45, 7) is 5.81. The molecule has 0 aliphatic heterocycles. The molecule has 2 heteroatoms. The lowest BCUT2D eigenvalue weighted by Gasteiger charge is -2.07. The molecule has 0 heterocycles. The van der Waals surface area contributed by atoms with Gasteiger partial charge in [0.1, 0.15) is 0 Å². The van der Waals surface area contributed by atoms with Crippen LogP contribution in [0, 0.1) is 0 Å². The van der Waals surface area contributed by atoms with Crippen molar-refractivity contribution in [2.75, 3.05) is 11.5 Å². The van der Waals surface area contributed by atoms with Crippen molar-refractivity contribution in [2.45, 2.75) is 25.8 Å². The lowest BCUT2D eigenvalue weighted by molar-refractivity contribution is 0.685. The molecule has 0 aromatic heterocycles. The zero-order chi connectivity index (χ0) is 7.82. The Hall–Kier alpha value is 0.0500. The lowest BCUT2D eigenvalue weighted by Crippen LogP contribution is -2.22. The second-order valence-electron chi connectivity index (χ2n) is 2.29. The minimum atomic E-state index is 0.364. The summed E-state index contributed by atoms with van der Waals surface area (Å²) in [5.74, 6) is 2.26. The highest BCUT2D eigenvalue weighted by molar-refractivity contribution is 7.99. The van der Waals surface area contributed by atoms with Crippen molar-refractivity contribution in [2.24, 2.45) is 5.73 Å². The molecule has 0 aliphatic rings. The highest BCUT2D eigenvalue weighted by atomic mass is 32.2. The summed E-state index contributed by atoms with van der Waals surface area (Å²) in [5.41, 5.74) is 5.78. The maximum absolute atomic E-state index is 5.78. The number of hydrogen-bond donors (Lipinski definition) is 1. The van der Waals surface area contributed by atoms with Gasteiger partial charge in [-0.2, -0.15) is 11.8 Å². The van der Waals surface area contributed by atoms with Crippen LogP contribution in [0.4, 0.5) is 0 Å². The van der Waals surface area contributed by atoms with Gasteiger partial charge in [0.05, 0.1) is 0 Å². The quantitative estimate of drug-likeness (QED) is 0.600. The van der Waals surface area contributed by atoms with E-state index in [0.717, 1.165) is 18.6 Å². The van der Waals surface area contributed by atoms with E-state index in [9.17, 15) is 0 Å². The largest absolute Gasteiger partial charge is 0.327 e. The van der Waals surface area contributed by atoms with E-state index < -0.39 is 0 Å². The molecule has 1 unspecified atom stereocenters. The second kappa shape index (κ2) is 7.16. The van der Waals surface area contributed by atoms with Crippen LogP contribution in [0.5, 0.6) is 0 Å². The molecule has 60 valence electrons. The zero-order valence-electron chi connectivity index (χ0n) is 6.68. The van der Waals surface area contributed by atoms with E-state index in [1.807, 2.05) is 17.8 Å². The predicted molar refractivity (Wildman–Crippen MR) is 50.4 cm³/mol. The number of nitrogens with two attached hydrogens (primary N) is 1. The van der Waals surface area contributed by atoms with Crippen LogP contribution in [0.3, 0.4) is 0 Å². The molecule has 0 amide bonds. The van der Waals surface area contributed by atoms with E-state index in [1.54, 1.807) is 0 Å². The molecule has 0 aliphatic carbocycles. The first-order valence-corrected chi connectivity index (χ1v) is 4.91. The number of rotatable bonds is 6. The van der Waals surface area contributed by atoms with E-state index in [1.165, 1.54) is 5.75 Å². The van der Waals surface area contributed by atoms with Gasteiger partial charge >= 0.3 is 0 Å². The van der Waals surface area contributed by atoms with E-state index in [2.05, 4.69) is 13.5 Å². The summed E-state index contributed by atoms with van der Waals surface area (Å²) in [5, 5.41) is 0. The fraction of sp³-hybridized carbons (Fsp3) is 0.750. The first-order chi connectivity index (χ1) is 4.81. The minimum absolute atomic E-state index is 0.364. The standard InChI is InChI=1S/C8H17NS/c1-3-5-6-8(9)7-10-4-2/h3,8H,1,4-7,9H2,2H3. The highest BCUT2D eigenvalue weighted by Gasteiger charge is 1.98. The van der Waals surface area contributed by atoms with Crippen LogP contribution >= 0.6 is 11.8 Å². The third-order valence-corrected chi connectivity index (χ3v) is 2.35. The SMILES string of the molecule is C=CCCC(N)CSCC. The van der Waals surface area contributed by atoms with Gasteiger partial charge < -0.3 is 5.73 Å². The Kier molecular flexibility index (Phi) is 7.20. The van der Waals surface area contributed by atoms with E-state index in [-0.39, 0.29) is 0 Å². The predicted octanol–water partition coefficient (Wildman–Crippen LogP) is 2.03. The Morgan fingerprint density at radius 2 is 2.40 bits per heavy atom. The van der Waals surface area contributed by atoms with Crippen LogP contribution in [0.1, 0.15) is 19.8 Å².